The van der Waals surface area contributed by atoms with E-state index in [-0.39, 0.29) is 37.0 Å². The van der Waals surface area contributed by atoms with Crippen molar-refractivity contribution < 1.29 is 50.5 Å². The summed E-state index contributed by atoms with van der Waals surface area (Å²) in [5, 5.41) is 12.4. The van der Waals surface area contributed by atoms with Crippen molar-refractivity contribution in [1.29, 1.82) is 0 Å². The minimum absolute atomic E-state index is 0.0124. The number of hydrogen-bond donors (Lipinski definition) is 2. The van der Waals surface area contributed by atoms with Gasteiger partial charge in [0.15, 0.2) is 0 Å². The number of imide groups is 1. The lowest BCUT2D eigenvalue weighted by atomic mass is 9.90. The molecular formula is C29H30F6N2O5. The standard InChI is InChI=1S/C29H30F6N2O5/c1-5-8-19-17-21(27(40,28(30,31)32)29(33,34)35)11-14-23(19)41-16-7-6-15-37-24(38)26(4,36-25(37)39)20-9-12-22(13-10-20)42-18(2)3/h9-14,17-18,40H,5,8,15-16H2,1-4H3,(H,36,39). The van der Waals surface area contributed by atoms with Crippen LogP contribution in [0.2, 0.25) is 0 Å². The number of urea groups is 1. The van der Waals surface area contributed by atoms with Gasteiger partial charge in [-0.1, -0.05) is 43.4 Å². The second kappa shape index (κ2) is 12.1. The molecule has 0 aromatic heterocycles. The maximum atomic E-state index is 13.3. The van der Waals surface area contributed by atoms with Crippen LogP contribution >= 0.6 is 0 Å². The molecule has 42 heavy (non-hydrogen) atoms. The molecule has 3 rings (SSSR count). The van der Waals surface area contributed by atoms with Crippen molar-refractivity contribution in [1.82, 2.24) is 10.2 Å². The van der Waals surface area contributed by atoms with Crippen LogP contribution in [0, 0.1) is 11.8 Å². The number of carbonyl (C=O) groups is 2. The molecule has 0 spiro atoms. The molecule has 0 aliphatic carbocycles. The molecule has 2 N–H and O–H groups in total. The Hall–Kier alpha value is -3.92. The summed E-state index contributed by atoms with van der Waals surface area (Å²) in [6, 6.07) is 8.07. The van der Waals surface area contributed by atoms with Crippen molar-refractivity contribution in [2.45, 2.75) is 70.1 Å². The van der Waals surface area contributed by atoms with Gasteiger partial charge < -0.3 is 19.9 Å². The van der Waals surface area contributed by atoms with Crippen LogP contribution in [0.4, 0.5) is 31.1 Å². The predicted octanol–water partition coefficient (Wildman–Crippen LogP) is 5.59. The lowest BCUT2D eigenvalue weighted by Crippen LogP contribution is -2.53. The summed E-state index contributed by atoms with van der Waals surface area (Å²) in [7, 11) is 0. The Labute approximate surface area is 238 Å². The van der Waals surface area contributed by atoms with E-state index in [1.807, 2.05) is 13.8 Å². The van der Waals surface area contributed by atoms with Gasteiger partial charge in [-0.2, -0.15) is 26.3 Å². The number of hydrogen-bond acceptors (Lipinski definition) is 5. The highest BCUT2D eigenvalue weighted by Gasteiger charge is 2.71. The predicted molar refractivity (Wildman–Crippen MR) is 140 cm³/mol. The van der Waals surface area contributed by atoms with Gasteiger partial charge in [0.25, 0.3) is 11.5 Å². The van der Waals surface area contributed by atoms with E-state index in [0.717, 1.165) is 11.0 Å². The van der Waals surface area contributed by atoms with E-state index in [1.165, 1.54) is 0 Å². The van der Waals surface area contributed by atoms with E-state index in [0.29, 0.717) is 29.9 Å². The lowest BCUT2D eigenvalue weighted by molar-refractivity contribution is -0.376. The zero-order valence-electron chi connectivity index (χ0n) is 23.2. The molecule has 1 fully saturated rings. The normalized spacial score (nSPS) is 17.7. The van der Waals surface area contributed by atoms with Crippen LogP contribution < -0.4 is 14.8 Å². The smallest absolute Gasteiger partial charge is 0.430 e. The summed E-state index contributed by atoms with van der Waals surface area (Å²) in [5.41, 5.74) is -7.23. The zero-order valence-corrected chi connectivity index (χ0v) is 23.2. The molecule has 1 unspecified atom stereocenters. The summed E-state index contributed by atoms with van der Waals surface area (Å²) >= 11 is 0. The second-order valence-corrected chi connectivity index (χ2v) is 10.1. The van der Waals surface area contributed by atoms with Gasteiger partial charge in [0.2, 0.25) is 0 Å². The van der Waals surface area contributed by atoms with Crippen molar-refractivity contribution in [3.8, 4) is 23.3 Å². The Bertz CT molecular complexity index is 1350. The Morgan fingerprint density at radius 3 is 2.17 bits per heavy atom. The number of alkyl halides is 6. The maximum absolute atomic E-state index is 13.3. The van der Waals surface area contributed by atoms with Crippen LogP contribution in [0.1, 0.15) is 50.8 Å². The van der Waals surface area contributed by atoms with E-state index in [2.05, 4.69) is 17.2 Å². The second-order valence-electron chi connectivity index (χ2n) is 10.1. The molecule has 1 aliphatic heterocycles. The molecule has 1 aliphatic rings. The quantitative estimate of drug-likeness (QED) is 0.223. The number of nitrogens with zero attached hydrogens (tertiary/aromatic N) is 1. The van der Waals surface area contributed by atoms with Gasteiger partial charge in [0.05, 0.1) is 12.6 Å². The maximum Gasteiger partial charge on any atom is 0.430 e. The molecule has 2 aromatic carbocycles. The topological polar surface area (TPSA) is 88.1 Å². The fourth-order valence-electron chi connectivity index (χ4n) is 4.37. The number of nitrogens with one attached hydrogen (secondary N) is 1. The first-order valence-electron chi connectivity index (χ1n) is 12.9. The number of carbonyl (C=O) groups excluding carboxylic acids is 2. The van der Waals surface area contributed by atoms with Gasteiger partial charge in [0.1, 0.15) is 23.6 Å². The van der Waals surface area contributed by atoms with Gasteiger partial charge in [0, 0.05) is 5.56 Å². The summed E-state index contributed by atoms with van der Waals surface area (Å²) in [5.74, 6) is 5.25. The third-order valence-electron chi connectivity index (χ3n) is 6.56. The van der Waals surface area contributed by atoms with Gasteiger partial charge in [-0.3, -0.25) is 9.69 Å². The molecule has 7 nitrogen and oxygen atoms in total. The number of aryl methyl sites for hydroxylation is 1. The average molecular weight is 601 g/mol. The fraction of sp³-hybridized carbons (Fsp3) is 0.448. The van der Waals surface area contributed by atoms with Gasteiger partial charge in [-0.25, -0.2) is 4.79 Å². The number of ether oxygens (including phenoxy) is 2. The molecule has 1 heterocycles. The number of benzene rings is 2. The minimum Gasteiger partial charge on any atom is -0.491 e. The van der Waals surface area contributed by atoms with Gasteiger partial charge >= 0.3 is 18.4 Å². The lowest BCUT2D eigenvalue weighted by Gasteiger charge is -2.33. The number of aliphatic hydroxyl groups is 1. The molecule has 0 saturated carbocycles. The Morgan fingerprint density at radius 2 is 1.62 bits per heavy atom. The van der Waals surface area contributed by atoms with Crippen LogP contribution in [0.5, 0.6) is 11.5 Å². The molecule has 2 aromatic rings. The number of halogens is 6. The minimum atomic E-state index is -6.01. The Balaban J connectivity index is 1.71. The summed E-state index contributed by atoms with van der Waals surface area (Å²) in [6.45, 7) is 6.33. The first-order chi connectivity index (χ1) is 19.5. The van der Waals surface area contributed by atoms with Crippen molar-refractivity contribution in [3.63, 3.8) is 0 Å². The van der Waals surface area contributed by atoms with Crippen molar-refractivity contribution in [3.05, 3.63) is 59.2 Å². The van der Waals surface area contributed by atoms with E-state index in [4.69, 9.17) is 9.47 Å². The fourth-order valence-corrected chi connectivity index (χ4v) is 4.37. The molecule has 3 amide bonds. The van der Waals surface area contributed by atoms with Crippen LogP contribution in [0.15, 0.2) is 42.5 Å². The Morgan fingerprint density at radius 1 is 1.00 bits per heavy atom. The molecular weight excluding hydrogens is 570 g/mol. The Kier molecular flexibility index (Phi) is 9.41. The van der Waals surface area contributed by atoms with Crippen LogP contribution in [-0.4, -0.2) is 53.6 Å². The number of amides is 3. The van der Waals surface area contributed by atoms with E-state index in [1.54, 1.807) is 38.1 Å². The van der Waals surface area contributed by atoms with Crippen LogP contribution in [0.25, 0.3) is 0 Å². The van der Waals surface area contributed by atoms with Crippen LogP contribution in [-0.2, 0) is 22.4 Å². The average Bonchev–Trinajstić information content (AvgIpc) is 3.11. The molecule has 1 saturated heterocycles. The molecule has 0 radical (unpaired) electrons. The molecule has 13 heteroatoms. The van der Waals surface area contributed by atoms with Crippen LogP contribution in [0.3, 0.4) is 0 Å². The van der Waals surface area contributed by atoms with Crippen molar-refractivity contribution in [2.24, 2.45) is 0 Å². The largest absolute Gasteiger partial charge is 0.491 e. The monoisotopic (exact) mass is 600 g/mol. The first kappa shape index (κ1) is 32.6. The SMILES string of the molecule is CCCc1cc(C(O)(C(F)(F)F)C(F)(F)F)ccc1OCC#CCN1C(=O)NC(C)(c2ccc(OC(C)C)cc2)C1=O. The third kappa shape index (κ3) is 6.43. The first-order valence-corrected chi connectivity index (χ1v) is 12.9. The highest BCUT2D eigenvalue weighted by Crippen LogP contribution is 2.50. The van der Waals surface area contributed by atoms with E-state index in [9.17, 15) is 41.0 Å². The molecule has 1 atom stereocenters. The van der Waals surface area contributed by atoms with E-state index < -0.39 is 41.0 Å². The third-order valence-corrected chi connectivity index (χ3v) is 6.56. The summed E-state index contributed by atoms with van der Waals surface area (Å²) in [4.78, 5) is 26.5. The number of rotatable bonds is 9. The van der Waals surface area contributed by atoms with Crippen molar-refractivity contribution >= 4 is 11.9 Å². The van der Waals surface area contributed by atoms with Gasteiger partial charge in [-0.15, -0.1) is 0 Å². The summed E-state index contributed by atoms with van der Waals surface area (Å²) < 4.78 is 90.8. The summed E-state index contributed by atoms with van der Waals surface area (Å²) in [6.07, 6.45) is -11.6. The molecule has 0 bridgehead atoms. The van der Waals surface area contributed by atoms with Gasteiger partial charge in [-0.05, 0) is 62.6 Å². The highest BCUT2D eigenvalue weighted by molar-refractivity contribution is 6.07. The van der Waals surface area contributed by atoms with E-state index >= 15 is 0 Å². The molecule has 228 valence electrons. The van der Waals surface area contributed by atoms with Crippen molar-refractivity contribution in [2.75, 3.05) is 13.2 Å². The highest BCUT2D eigenvalue weighted by atomic mass is 19.4. The zero-order chi connectivity index (χ0) is 31.5.